The van der Waals surface area contributed by atoms with Crippen LogP contribution in [-0.4, -0.2) is 95.0 Å². The van der Waals surface area contributed by atoms with Crippen LogP contribution in [-0.2, 0) is 23.1 Å². The van der Waals surface area contributed by atoms with Crippen molar-refractivity contribution in [3.05, 3.63) is 116 Å². The average Bonchev–Trinajstić information content (AvgIpc) is 3.45. The van der Waals surface area contributed by atoms with Crippen molar-refractivity contribution in [3.63, 3.8) is 0 Å². The molecule has 2 N–H and O–H groups in total. The first-order valence-electron chi connectivity index (χ1n) is 18.5. The third-order valence-corrected chi connectivity index (χ3v) is 11.4. The summed E-state index contributed by atoms with van der Waals surface area (Å²) in [6.07, 6.45) is 3.95. The van der Waals surface area contributed by atoms with E-state index >= 15 is 0 Å². The smallest absolute Gasteiger partial charge is 0.282 e. The maximum atomic E-state index is 13.5. The molecule has 4 aromatic rings. The fourth-order valence-corrected chi connectivity index (χ4v) is 8.13. The molecule has 4 heterocycles. The Bertz CT molecular complexity index is 2260. The van der Waals surface area contributed by atoms with Crippen molar-refractivity contribution in [1.82, 2.24) is 24.9 Å². The van der Waals surface area contributed by atoms with Crippen LogP contribution in [0.1, 0.15) is 73.8 Å². The van der Waals surface area contributed by atoms with E-state index in [4.69, 9.17) is 4.74 Å². The fourth-order valence-electron chi connectivity index (χ4n) is 7.65. The summed E-state index contributed by atoms with van der Waals surface area (Å²) in [5.74, 6) is -1.88. The summed E-state index contributed by atoms with van der Waals surface area (Å²) in [7, 11) is 5.44. The van der Waals surface area contributed by atoms with Crippen LogP contribution in [0.4, 0.5) is 11.4 Å². The molecule has 14 nitrogen and oxygen atoms in total. The number of carbonyl (C=O) groups is 5. The maximum Gasteiger partial charge on any atom is 0.282 e. The van der Waals surface area contributed by atoms with Crippen LogP contribution in [0.2, 0.25) is 0 Å². The zero-order valence-electron chi connectivity index (χ0n) is 31.3. The van der Waals surface area contributed by atoms with E-state index in [0.717, 1.165) is 41.2 Å². The van der Waals surface area contributed by atoms with Gasteiger partial charge in [-0.15, -0.1) is 0 Å². The molecule has 0 radical (unpaired) electrons. The van der Waals surface area contributed by atoms with Gasteiger partial charge in [-0.25, -0.2) is 4.68 Å². The number of rotatable bonds is 11. The second-order valence-electron chi connectivity index (χ2n) is 14.5. The second kappa shape index (κ2) is 16.2. The molecule has 0 aliphatic carbocycles. The highest BCUT2D eigenvalue weighted by molar-refractivity contribution is 9.10. The van der Waals surface area contributed by atoms with Gasteiger partial charge >= 0.3 is 0 Å². The molecule has 3 atom stereocenters. The largest absolute Gasteiger partial charge is 0.493 e. The Morgan fingerprint density at radius 3 is 2.46 bits per heavy atom. The summed E-state index contributed by atoms with van der Waals surface area (Å²) in [6.45, 7) is 1.98. The summed E-state index contributed by atoms with van der Waals surface area (Å²) >= 11 is 3.41. The normalized spacial score (nSPS) is 19.8. The number of hydrogen-bond acceptors (Lipinski definition) is 10. The standard InChI is InChI=1S/C41H42BrN7O7/c1-46-22-27(20-28(23-46)44-31-21-43-48(3)41(55)36(31)42)25-11-13-26(14-12-25)38(52)47(2)29-15-9-24(10-16-29)6-5-19-56-33-8-4-7-30-35(33)40(54)49(39(30)53)32-17-18-34(50)45-37(32)51/h4,7-16,21,27-28,32,44H,5-6,17-20,22-23H2,1-3H3,(H,45,50,51)/t27-,28+,32?/m1/s1. The highest BCUT2D eigenvalue weighted by Crippen LogP contribution is 2.34. The number of hydrogen-bond donors (Lipinski definition) is 2. The Hall–Kier alpha value is -5.67. The molecule has 0 spiro atoms. The minimum absolute atomic E-state index is 0.0488. The SMILES string of the molecule is CN1C[C@@H](Nc2cnn(C)c(=O)c2Br)C[C@@H](c2ccc(C(=O)N(C)c3ccc(CCCOc4cccc5c4C(=O)N(C4CCC(=O)NC4=O)C5=O)cc3)cc2)C1. The van der Waals surface area contributed by atoms with Crippen molar-refractivity contribution >= 4 is 56.8 Å². The molecule has 56 heavy (non-hydrogen) atoms. The van der Waals surface area contributed by atoms with Crippen LogP contribution in [0, 0.1) is 0 Å². The van der Waals surface area contributed by atoms with Gasteiger partial charge in [0.25, 0.3) is 23.3 Å². The lowest BCUT2D eigenvalue weighted by Crippen LogP contribution is -2.54. The average molecular weight is 825 g/mol. The van der Waals surface area contributed by atoms with Crippen LogP contribution < -0.4 is 25.8 Å². The highest BCUT2D eigenvalue weighted by atomic mass is 79.9. The molecule has 3 aliphatic rings. The minimum atomic E-state index is -1.04. The molecule has 1 aromatic heterocycles. The van der Waals surface area contributed by atoms with E-state index < -0.39 is 29.7 Å². The summed E-state index contributed by atoms with van der Waals surface area (Å²) < 4.78 is 7.73. The van der Waals surface area contributed by atoms with Crippen LogP contribution >= 0.6 is 15.9 Å². The van der Waals surface area contributed by atoms with Gasteiger partial charge in [-0.1, -0.05) is 30.3 Å². The first-order valence-corrected chi connectivity index (χ1v) is 19.3. The van der Waals surface area contributed by atoms with E-state index in [1.165, 1.54) is 10.7 Å². The van der Waals surface area contributed by atoms with Gasteiger partial charge in [-0.2, -0.15) is 5.10 Å². The number of likely N-dealkylation sites (tertiary alicyclic amines) is 1. The predicted octanol–water partition coefficient (Wildman–Crippen LogP) is 4.13. The van der Waals surface area contributed by atoms with Gasteiger partial charge in [-0.3, -0.25) is 39.0 Å². The first-order chi connectivity index (χ1) is 26.9. The Morgan fingerprint density at radius 2 is 1.73 bits per heavy atom. The molecule has 2 fully saturated rings. The molecule has 3 aliphatic heterocycles. The lowest BCUT2D eigenvalue weighted by Gasteiger charge is -2.37. The van der Waals surface area contributed by atoms with E-state index in [9.17, 15) is 28.8 Å². The van der Waals surface area contributed by atoms with E-state index in [2.05, 4.69) is 43.6 Å². The Morgan fingerprint density at radius 1 is 0.982 bits per heavy atom. The second-order valence-corrected chi connectivity index (χ2v) is 15.3. The third kappa shape index (κ3) is 7.86. The van der Waals surface area contributed by atoms with Crippen molar-refractivity contribution in [1.29, 1.82) is 0 Å². The molecule has 0 saturated carbocycles. The van der Waals surface area contributed by atoms with Gasteiger partial charge in [-0.05, 0) is 102 Å². The van der Waals surface area contributed by atoms with Crippen molar-refractivity contribution < 1.29 is 28.7 Å². The van der Waals surface area contributed by atoms with Crippen molar-refractivity contribution in [3.8, 4) is 5.75 Å². The number of carbonyl (C=O) groups excluding carboxylic acids is 5. The molecule has 1 unspecified atom stereocenters. The number of fused-ring (bicyclic) bond motifs is 1. The van der Waals surface area contributed by atoms with Crippen LogP contribution in [0.15, 0.2) is 82.2 Å². The predicted molar refractivity (Wildman–Crippen MR) is 212 cm³/mol. The molecule has 7 rings (SSSR count). The molecule has 15 heteroatoms. The lowest BCUT2D eigenvalue weighted by atomic mass is 9.87. The Kier molecular flexibility index (Phi) is 11.2. The van der Waals surface area contributed by atoms with E-state index in [1.54, 1.807) is 37.3 Å². The van der Waals surface area contributed by atoms with E-state index in [-0.39, 0.29) is 59.8 Å². The number of ether oxygens (including phenoxy) is 1. The number of amides is 5. The summed E-state index contributed by atoms with van der Waals surface area (Å²) in [5.41, 5.74) is 4.29. The van der Waals surface area contributed by atoms with Crippen molar-refractivity contribution in [2.75, 3.05) is 44.0 Å². The number of imide groups is 2. The number of nitrogens with one attached hydrogen (secondary N) is 2. The van der Waals surface area contributed by atoms with Gasteiger partial charge in [0, 0.05) is 50.9 Å². The molecule has 5 amide bonds. The number of benzene rings is 3. The number of aryl methyl sites for hydroxylation is 2. The number of anilines is 2. The quantitative estimate of drug-likeness (QED) is 0.166. The van der Waals surface area contributed by atoms with Gasteiger partial charge in [0.15, 0.2) is 0 Å². The van der Waals surface area contributed by atoms with Crippen molar-refractivity contribution in [2.24, 2.45) is 7.05 Å². The van der Waals surface area contributed by atoms with Gasteiger partial charge in [0.1, 0.15) is 16.3 Å². The topological polar surface area (TPSA) is 163 Å². The third-order valence-electron chi connectivity index (χ3n) is 10.6. The van der Waals surface area contributed by atoms with Gasteiger partial charge in [0.2, 0.25) is 11.8 Å². The number of piperidine rings is 2. The summed E-state index contributed by atoms with van der Waals surface area (Å²) in [6, 6.07) is 19.4. The zero-order valence-corrected chi connectivity index (χ0v) is 32.9. The molecule has 0 bridgehead atoms. The van der Waals surface area contributed by atoms with Crippen molar-refractivity contribution in [2.45, 2.75) is 50.1 Å². The highest BCUT2D eigenvalue weighted by Gasteiger charge is 2.46. The number of nitrogens with zero attached hydrogens (tertiary/aromatic N) is 5. The number of likely N-dealkylation sites (N-methyl/N-ethyl adjacent to an activating group) is 1. The summed E-state index contributed by atoms with van der Waals surface area (Å²) in [4.78, 5) is 81.1. The number of halogens is 1. The Labute approximate surface area is 331 Å². The van der Waals surface area contributed by atoms with E-state index in [0.29, 0.717) is 28.6 Å². The zero-order chi connectivity index (χ0) is 39.7. The molecule has 290 valence electrons. The number of aromatic nitrogens is 2. The van der Waals surface area contributed by atoms with Crippen LogP contribution in [0.25, 0.3) is 0 Å². The first kappa shape index (κ1) is 38.6. The fraction of sp³-hybridized carbons (Fsp3) is 0.341. The van der Waals surface area contributed by atoms with E-state index in [1.807, 2.05) is 48.5 Å². The van der Waals surface area contributed by atoms with Crippen LogP contribution in [0.3, 0.4) is 0 Å². The molecule has 2 saturated heterocycles. The monoisotopic (exact) mass is 823 g/mol. The van der Waals surface area contributed by atoms with Crippen LogP contribution in [0.5, 0.6) is 5.75 Å². The lowest BCUT2D eigenvalue weighted by molar-refractivity contribution is -0.136. The van der Waals surface area contributed by atoms with Gasteiger partial charge < -0.3 is 19.9 Å². The van der Waals surface area contributed by atoms with Gasteiger partial charge in [0.05, 0.1) is 29.6 Å². The molecular weight excluding hydrogens is 782 g/mol. The molecule has 3 aromatic carbocycles. The summed E-state index contributed by atoms with van der Waals surface area (Å²) in [5, 5.41) is 9.84. The molecular formula is C41H42BrN7O7. The Balaban J connectivity index is 0.911. The minimum Gasteiger partial charge on any atom is -0.493 e. The maximum absolute atomic E-state index is 13.5.